The number of para-hydroxylation sites is 1. The fourth-order valence-electron chi connectivity index (χ4n) is 4.49. The van der Waals surface area contributed by atoms with E-state index in [4.69, 9.17) is 9.26 Å². The lowest BCUT2D eigenvalue weighted by atomic mass is 9.96. The van der Waals surface area contributed by atoms with Gasteiger partial charge in [-0.25, -0.2) is 0 Å². The summed E-state index contributed by atoms with van der Waals surface area (Å²) in [6.07, 6.45) is 4.73. The molecule has 2 aromatic carbocycles. The van der Waals surface area contributed by atoms with Crippen LogP contribution in [0.5, 0.6) is 5.75 Å². The van der Waals surface area contributed by atoms with Gasteiger partial charge in [-0.1, -0.05) is 55.4 Å². The lowest BCUT2D eigenvalue weighted by Crippen LogP contribution is -2.23. The van der Waals surface area contributed by atoms with Crippen molar-refractivity contribution in [3.05, 3.63) is 90.0 Å². The van der Waals surface area contributed by atoms with Crippen molar-refractivity contribution in [1.29, 1.82) is 0 Å². The number of aromatic nitrogens is 3. The minimum atomic E-state index is -0.0721. The molecule has 1 N–H and O–H groups in total. The molecular formula is C26H26N4O2. The smallest absolute Gasteiger partial charge is 0.124 e. The molecule has 6 nitrogen and oxygen atoms in total. The minimum absolute atomic E-state index is 0.0721. The summed E-state index contributed by atoms with van der Waals surface area (Å²) in [6.45, 7) is 6.64. The molecule has 0 aliphatic carbocycles. The first-order valence-electron chi connectivity index (χ1n) is 10.9. The number of unbranched alkanes of at least 4 members (excludes halogenated alkanes) is 1. The van der Waals surface area contributed by atoms with E-state index in [1.165, 1.54) is 5.56 Å². The number of rotatable bonds is 7. The van der Waals surface area contributed by atoms with E-state index in [9.17, 15) is 0 Å². The van der Waals surface area contributed by atoms with E-state index < -0.39 is 0 Å². The largest absolute Gasteiger partial charge is 0.496 e. The monoisotopic (exact) mass is 426 g/mol. The van der Waals surface area contributed by atoms with Crippen LogP contribution < -0.4 is 9.64 Å². The Hall–Kier alpha value is -3.80. The minimum Gasteiger partial charge on any atom is -0.496 e. The Balaban J connectivity index is 1.62. The topological polar surface area (TPSA) is 67.2 Å². The third-order valence-electron chi connectivity index (χ3n) is 6.07. The summed E-state index contributed by atoms with van der Waals surface area (Å²) in [5.41, 5.74) is 8.14. The van der Waals surface area contributed by atoms with Crippen molar-refractivity contribution in [2.75, 3.05) is 12.0 Å². The Kier molecular flexibility index (Phi) is 5.27. The molecule has 3 heterocycles. The number of methoxy groups -OCH3 is 1. The van der Waals surface area contributed by atoms with Gasteiger partial charge >= 0.3 is 0 Å². The molecule has 162 valence electrons. The van der Waals surface area contributed by atoms with Crippen molar-refractivity contribution in [3.63, 3.8) is 0 Å². The fourth-order valence-corrected chi connectivity index (χ4v) is 4.49. The number of hydrogen-bond donors (Lipinski definition) is 1. The highest BCUT2D eigenvalue weighted by atomic mass is 16.5. The molecule has 2 aromatic heterocycles. The molecule has 0 radical (unpaired) electrons. The molecule has 6 heteroatoms. The summed E-state index contributed by atoms with van der Waals surface area (Å²) in [5.74, 6) is 0.852. The third kappa shape index (κ3) is 3.28. The van der Waals surface area contributed by atoms with Gasteiger partial charge < -0.3 is 14.2 Å². The van der Waals surface area contributed by atoms with E-state index in [-0.39, 0.29) is 6.04 Å². The zero-order valence-electron chi connectivity index (χ0n) is 18.3. The van der Waals surface area contributed by atoms with Crippen molar-refractivity contribution in [2.45, 2.75) is 32.2 Å². The predicted octanol–water partition coefficient (Wildman–Crippen LogP) is 6.00. The zero-order valence-corrected chi connectivity index (χ0v) is 18.3. The second-order valence-electron chi connectivity index (χ2n) is 7.96. The van der Waals surface area contributed by atoms with Gasteiger partial charge in [0.15, 0.2) is 0 Å². The third-order valence-corrected chi connectivity index (χ3v) is 6.07. The number of H-pyrrole nitrogens is 1. The lowest BCUT2D eigenvalue weighted by Gasteiger charge is -2.30. The van der Waals surface area contributed by atoms with E-state index in [0.717, 1.165) is 64.6 Å². The van der Waals surface area contributed by atoms with Crippen LogP contribution in [-0.4, -0.2) is 22.5 Å². The van der Waals surface area contributed by atoms with Crippen molar-refractivity contribution < 1.29 is 9.26 Å². The van der Waals surface area contributed by atoms with Crippen molar-refractivity contribution in [2.24, 2.45) is 0 Å². The molecule has 0 bridgehead atoms. The lowest BCUT2D eigenvalue weighted by molar-refractivity contribution is 0.408. The number of anilines is 1. The van der Waals surface area contributed by atoms with Gasteiger partial charge in [-0.2, -0.15) is 5.10 Å². The van der Waals surface area contributed by atoms with Crippen LogP contribution >= 0.6 is 0 Å². The van der Waals surface area contributed by atoms with E-state index >= 15 is 0 Å². The van der Waals surface area contributed by atoms with Gasteiger partial charge in [-0.05, 0) is 31.0 Å². The van der Waals surface area contributed by atoms with Crippen LogP contribution in [0.3, 0.4) is 0 Å². The van der Waals surface area contributed by atoms with Crippen LogP contribution in [0.15, 0.2) is 72.0 Å². The second kappa shape index (κ2) is 8.38. The molecule has 32 heavy (non-hydrogen) atoms. The van der Waals surface area contributed by atoms with E-state index in [1.807, 2.05) is 18.2 Å². The van der Waals surface area contributed by atoms with E-state index in [2.05, 4.69) is 70.2 Å². The highest BCUT2D eigenvalue weighted by Gasteiger charge is 2.40. The molecular weight excluding hydrogens is 400 g/mol. The van der Waals surface area contributed by atoms with E-state index in [1.54, 1.807) is 13.4 Å². The summed E-state index contributed by atoms with van der Waals surface area (Å²) in [4.78, 5) is 2.27. The van der Waals surface area contributed by atoms with E-state index in [0.29, 0.717) is 0 Å². The fraction of sp³-hybridized carbons (Fsp3) is 0.231. The SMILES string of the molecule is C=C1c2[nH]nc(CCCC)c2C(c2ccccc2OC)N1c1ccc(-c2ccon2)cc1. The van der Waals surface area contributed by atoms with Crippen LogP contribution in [0.2, 0.25) is 0 Å². The summed E-state index contributed by atoms with van der Waals surface area (Å²) < 4.78 is 10.7. The maximum atomic E-state index is 5.75. The predicted molar refractivity (Wildman–Crippen MR) is 125 cm³/mol. The first kappa shape index (κ1) is 20.1. The zero-order chi connectivity index (χ0) is 22.1. The van der Waals surface area contributed by atoms with Crippen LogP contribution in [-0.2, 0) is 6.42 Å². The average molecular weight is 427 g/mol. The van der Waals surface area contributed by atoms with Gasteiger partial charge in [-0.3, -0.25) is 5.10 Å². The first-order valence-corrected chi connectivity index (χ1v) is 10.9. The number of benzene rings is 2. The van der Waals surface area contributed by atoms with Gasteiger partial charge in [0.1, 0.15) is 17.7 Å². The maximum Gasteiger partial charge on any atom is 0.124 e. The molecule has 1 atom stereocenters. The highest BCUT2D eigenvalue weighted by Crippen LogP contribution is 2.49. The summed E-state index contributed by atoms with van der Waals surface area (Å²) >= 11 is 0. The number of nitrogens with zero attached hydrogens (tertiary/aromatic N) is 3. The molecule has 0 saturated heterocycles. The van der Waals surface area contributed by atoms with Crippen LogP contribution in [0.4, 0.5) is 5.69 Å². The Morgan fingerprint density at radius 2 is 1.94 bits per heavy atom. The number of aryl methyl sites for hydroxylation is 1. The number of nitrogens with one attached hydrogen (secondary N) is 1. The summed E-state index contributed by atoms with van der Waals surface area (Å²) in [5, 5.41) is 12.0. The molecule has 5 rings (SSSR count). The normalized spacial score (nSPS) is 15.2. The van der Waals surface area contributed by atoms with Crippen LogP contribution in [0.1, 0.15) is 48.3 Å². The van der Waals surface area contributed by atoms with Gasteiger partial charge in [0.05, 0.1) is 30.2 Å². The second-order valence-corrected chi connectivity index (χ2v) is 7.96. The van der Waals surface area contributed by atoms with Crippen LogP contribution in [0.25, 0.3) is 17.0 Å². The Bertz CT molecular complexity index is 1230. The Morgan fingerprint density at radius 1 is 1.12 bits per heavy atom. The first-order chi connectivity index (χ1) is 15.7. The van der Waals surface area contributed by atoms with Crippen LogP contribution in [0, 0.1) is 0 Å². The molecule has 0 fully saturated rings. The Morgan fingerprint density at radius 3 is 2.66 bits per heavy atom. The molecule has 4 aromatic rings. The summed E-state index contributed by atoms with van der Waals surface area (Å²) in [6, 6.07) is 18.3. The highest BCUT2D eigenvalue weighted by molar-refractivity contribution is 5.86. The standard InChI is InChI=1S/C26H26N4O2/c1-4-5-9-22-24-25(28-27-22)17(2)30(26(24)20-8-6-7-10-23(20)31-3)19-13-11-18(12-14-19)21-15-16-32-29-21/h6-8,10-16,26H,2,4-5,9H2,1,3H3,(H,27,28). The molecule has 0 spiro atoms. The quantitative estimate of drug-likeness (QED) is 0.393. The Labute approximate surface area is 187 Å². The number of fused-ring (bicyclic) bond motifs is 1. The number of hydrogen-bond acceptors (Lipinski definition) is 5. The van der Waals surface area contributed by atoms with Gasteiger partial charge in [-0.15, -0.1) is 0 Å². The molecule has 0 saturated carbocycles. The molecule has 1 unspecified atom stereocenters. The van der Waals surface area contributed by atoms with Gasteiger partial charge in [0.25, 0.3) is 0 Å². The molecule has 1 aliphatic heterocycles. The average Bonchev–Trinajstić information content (AvgIpc) is 3.56. The van der Waals surface area contributed by atoms with Crippen molar-refractivity contribution >= 4 is 11.4 Å². The summed E-state index contributed by atoms with van der Waals surface area (Å²) in [7, 11) is 1.72. The van der Waals surface area contributed by atoms with Gasteiger partial charge in [0.2, 0.25) is 0 Å². The van der Waals surface area contributed by atoms with Crippen molar-refractivity contribution in [3.8, 4) is 17.0 Å². The number of ether oxygens (including phenoxy) is 1. The maximum absolute atomic E-state index is 5.75. The van der Waals surface area contributed by atoms with Crippen molar-refractivity contribution in [1.82, 2.24) is 15.4 Å². The number of aromatic amines is 1. The molecule has 1 aliphatic rings. The molecule has 0 amide bonds. The van der Waals surface area contributed by atoms with Gasteiger partial charge in [0, 0.05) is 28.4 Å².